The van der Waals surface area contributed by atoms with E-state index in [1.165, 1.54) is 0 Å². The number of esters is 1. The zero-order chi connectivity index (χ0) is 21.2. The molecule has 2 aromatic heterocycles. The Morgan fingerprint density at radius 1 is 0.839 bits per heavy atom. The van der Waals surface area contributed by atoms with Gasteiger partial charge in [-0.3, -0.25) is 9.59 Å². The number of carbonyl (C=O) groups is 1. The van der Waals surface area contributed by atoms with E-state index in [1.54, 1.807) is 28.8 Å². The Labute approximate surface area is 176 Å². The minimum absolute atomic E-state index is 0.0546. The largest absolute Gasteiger partial charge is 0.454 e. The lowest BCUT2D eigenvalue weighted by Gasteiger charge is -2.14. The third kappa shape index (κ3) is 3.57. The fraction of sp³-hybridized carbons (Fsp3) is 0.0833. The topological polar surface area (TPSA) is 87.2 Å². The van der Waals surface area contributed by atoms with Crippen molar-refractivity contribution in [3.63, 3.8) is 0 Å². The van der Waals surface area contributed by atoms with Crippen LogP contribution < -0.4 is 5.43 Å². The highest BCUT2D eigenvalue weighted by atomic mass is 16.5. The van der Waals surface area contributed by atoms with Gasteiger partial charge in [-0.1, -0.05) is 42.5 Å². The third-order valence-electron chi connectivity index (χ3n) is 5.01. The number of ether oxygens (including phenoxy) is 1. The van der Waals surface area contributed by atoms with Crippen LogP contribution in [0.3, 0.4) is 0 Å². The lowest BCUT2D eigenvalue weighted by molar-refractivity contribution is -0.146. The third-order valence-corrected chi connectivity index (χ3v) is 5.01. The molecule has 7 nitrogen and oxygen atoms in total. The first-order chi connectivity index (χ1) is 15.2. The maximum Gasteiger partial charge on any atom is 0.326 e. The predicted molar refractivity (Wildman–Crippen MR) is 115 cm³/mol. The fourth-order valence-corrected chi connectivity index (χ4v) is 3.57. The van der Waals surface area contributed by atoms with Crippen LogP contribution in [0.15, 0.2) is 88.1 Å². The van der Waals surface area contributed by atoms with Gasteiger partial charge >= 0.3 is 5.97 Å². The summed E-state index contributed by atoms with van der Waals surface area (Å²) in [4.78, 5) is 25.4. The first-order valence-electron chi connectivity index (χ1n) is 9.74. The Morgan fingerprint density at radius 2 is 1.45 bits per heavy atom. The van der Waals surface area contributed by atoms with Gasteiger partial charge in [0.05, 0.1) is 11.0 Å². The molecule has 0 amide bonds. The lowest BCUT2D eigenvalue weighted by Crippen LogP contribution is -2.18. The normalized spacial score (nSPS) is 11.1. The Hall–Kier alpha value is -4.26. The fourth-order valence-electron chi connectivity index (χ4n) is 3.57. The van der Waals surface area contributed by atoms with E-state index in [4.69, 9.17) is 9.15 Å². The van der Waals surface area contributed by atoms with E-state index in [0.717, 1.165) is 5.56 Å². The molecule has 5 rings (SSSR count). The summed E-state index contributed by atoms with van der Waals surface area (Å²) in [6.07, 6.45) is 0. The highest BCUT2D eigenvalue weighted by Gasteiger charge is 2.15. The summed E-state index contributed by atoms with van der Waals surface area (Å²) in [5, 5.41) is 9.04. The van der Waals surface area contributed by atoms with E-state index in [0.29, 0.717) is 27.7 Å². The van der Waals surface area contributed by atoms with E-state index < -0.39 is 5.97 Å². The van der Waals surface area contributed by atoms with Crippen molar-refractivity contribution in [3.05, 3.63) is 95.0 Å². The number of para-hydroxylation sites is 2. The summed E-state index contributed by atoms with van der Waals surface area (Å²) in [5.41, 5.74) is 2.08. The van der Waals surface area contributed by atoms with Crippen molar-refractivity contribution in [3.8, 4) is 11.5 Å². The molecule has 0 aliphatic carbocycles. The van der Waals surface area contributed by atoms with Crippen LogP contribution in [0.25, 0.3) is 33.3 Å². The Kier molecular flexibility index (Phi) is 4.76. The zero-order valence-corrected chi connectivity index (χ0v) is 16.4. The van der Waals surface area contributed by atoms with Gasteiger partial charge in [-0.25, -0.2) is 0 Å². The minimum Gasteiger partial charge on any atom is -0.454 e. The molecule has 5 aromatic rings. The second kappa shape index (κ2) is 7.87. The van der Waals surface area contributed by atoms with Gasteiger partial charge in [-0.05, 0) is 36.4 Å². The van der Waals surface area contributed by atoms with Crippen LogP contribution in [-0.2, 0) is 22.7 Å². The van der Waals surface area contributed by atoms with Gasteiger partial charge in [0.15, 0.2) is 12.0 Å². The molecular formula is C24H17N3O4. The van der Waals surface area contributed by atoms with Crippen molar-refractivity contribution in [1.29, 1.82) is 0 Å². The average Bonchev–Trinajstić information content (AvgIpc) is 3.30. The van der Waals surface area contributed by atoms with Crippen LogP contribution in [-0.4, -0.2) is 20.7 Å². The molecule has 0 aliphatic rings. The van der Waals surface area contributed by atoms with Gasteiger partial charge in [0.2, 0.25) is 5.89 Å². The van der Waals surface area contributed by atoms with E-state index in [1.807, 2.05) is 54.6 Å². The molecule has 7 heteroatoms. The Balaban J connectivity index is 1.39. The van der Waals surface area contributed by atoms with E-state index in [2.05, 4.69) is 10.2 Å². The number of carbonyl (C=O) groups excluding carboxylic acids is 1. The molecule has 3 aromatic carbocycles. The molecule has 0 saturated heterocycles. The lowest BCUT2D eigenvalue weighted by atomic mass is 10.1. The van der Waals surface area contributed by atoms with Crippen molar-refractivity contribution < 1.29 is 13.9 Å². The van der Waals surface area contributed by atoms with Gasteiger partial charge in [-0.15, -0.1) is 10.2 Å². The Morgan fingerprint density at radius 3 is 2.13 bits per heavy atom. The first kappa shape index (κ1) is 18.7. The van der Waals surface area contributed by atoms with Gasteiger partial charge in [0.1, 0.15) is 6.54 Å². The van der Waals surface area contributed by atoms with Crippen LogP contribution >= 0.6 is 0 Å². The summed E-state index contributed by atoms with van der Waals surface area (Å²) in [6.45, 7) is -0.185. The first-order valence-corrected chi connectivity index (χ1v) is 9.74. The van der Waals surface area contributed by atoms with Gasteiger partial charge < -0.3 is 13.7 Å². The molecule has 31 heavy (non-hydrogen) atoms. The SMILES string of the molecule is O=C(Cn1c2ccccc2c(=O)c2ccccc21)OCc1nnc(-c2ccccc2)o1. The van der Waals surface area contributed by atoms with Gasteiger partial charge in [-0.2, -0.15) is 0 Å². The minimum atomic E-state index is -0.474. The summed E-state index contributed by atoms with van der Waals surface area (Å²) in [7, 11) is 0. The predicted octanol–water partition coefficient (Wildman–Crippen LogP) is 3.95. The molecular weight excluding hydrogens is 394 g/mol. The number of benzene rings is 3. The number of nitrogens with zero attached hydrogens (tertiary/aromatic N) is 3. The standard InChI is InChI=1S/C24H17N3O4/c28-22(30-15-21-25-26-24(31-21)16-8-2-1-3-9-16)14-27-19-12-6-4-10-17(19)23(29)18-11-5-7-13-20(18)27/h1-13H,14-15H2. The number of rotatable bonds is 5. The smallest absolute Gasteiger partial charge is 0.326 e. The van der Waals surface area contributed by atoms with Crippen LogP contribution in [0.4, 0.5) is 0 Å². The van der Waals surface area contributed by atoms with E-state index in [9.17, 15) is 9.59 Å². The summed E-state index contributed by atoms with van der Waals surface area (Å²) < 4.78 is 12.7. The number of fused-ring (bicyclic) bond motifs is 2. The molecule has 0 fully saturated rings. The number of aromatic nitrogens is 3. The van der Waals surface area contributed by atoms with Crippen LogP contribution in [0.5, 0.6) is 0 Å². The molecule has 0 atom stereocenters. The van der Waals surface area contributed by atoms with Crippen LogP contribution in [0.1, 0.15) is 5.89 Å². The van der Waals surface area contributed by atoms with Crippen LogP contribution in [0.2, 0.25) is 0 Å². The van der Waals surface area contributed by atoms with Crippen molar-refractivity contribution >= 4 is 27.8 Å². The highest BCUT2D eigenvalue weighted by molar-refractivity contribution is 5.94. The maximum atomic E-state index is 12.8. The number of hydrogen-bond acceptors (Lipinski definition) is 6. The van der Waals surface area contributed by atoms with E-state index >= 15 is 0 Å². The number of hydrogen-bond donors (Lipinski definition) is 0. The molecule has 0 unspecified atom stereocenters. The molecule has 0 saturated carbocycles. The quantitative estimate of drug-likeness (QED) is 0.321. The molecule has 0 bridgehead atoms. The summed E-state index contributed by atoms with van der Waals surface area (Å²) in [5.74, 6) is 0.101. The summed E-state index contributed by atoms with van der Waals surface area (Å²) in [6, 6.07) is 23.8. The zero-order valence-electron chi connectivity index (χ0n) is 16.4. The summed E-state index contributed by atoms with van der Waals surface area (Å²) >= 11 is 0. The van der Waals surface area contributed by atoms with E-state index in [-0.39, 0.29) is 24.5 Å². The molecule has 0 aliphatic heterocycles. The van der Waals surface area contributed by atoms with Gasteiger partial charge in [0, 0.05) is 16.3 Å². The monoisotopic (exact) mass is 411 g/mol. The molecule has 0 spiro atoms. The van der Waals surface area contributed by atoms with Crippen molar-refractivity contribution in [2.45, 2.75) is 13.2 Å². The second-order valence-electron chi connectivity index (χ2n) is 6.98. The average molecular weight is 411 g/mol. The second-order valence-corrected chi connectivity index (χ2v) is 6.98. The molecule has 0 radical (unpaired) electrons. The van der Waals surface area contributed by atoms with Gasteiger partial charge in [0.25, 0.3) is 5.89 Å². The highest BCUT2D eigenvalue weighted by Crippen LogP contribution is 2.20. The van der Waals surface area contributed by atoms with Crippen molar-refractivity contribution in [2.75, 3.05) is 0 Å². The molecule has 2 heterocycles. The van der Waals surface area contributed by atoms with Crippen molar-refractivity contribution in [2.24, 2.45) is 0 Å². The Bertz CT molecular complexity index is 1390. The maximum absolute atomic E-state index is 12.8. The number of pyridine rings is 1. The molecule has 0 N–H and O–H groups in total. The van der Waals surface area contributed by atoms with Crippen LogP contribution in [0, 0.1) is 0 Å². The van der Waals surface area contributed by atoms with Crippen molar-refractivity contribution in [1.82, 2.24) is 14.8 Å². The molecule has 152 valence electrons.